The van der Waals surface area contributed by atoms with Crippen molar-refractivity contribution >= 4 is 12.4 Å². The normalized spacial score (nSPS) is 12.5. The molecular formula is C5H7FN2. The number of aliphatic imine (C=N–C) groups is 1. The van der Waals surface area contributed by atoms with Gasteiger partial charge in [0.15, 0.2) is 5.83 Å². The molecule has 1 N–H and O–H groups in total. The lowest BCUT2D eigenvalue weighted by Gasteiger charge is -1.75. The van der Waals surface area contributed by atoms with Crippen LogP contribution < -0.4 is 0 Å². The minimum atomic E-state index is -0.636. The summed E-state index contributed by atoms with van der Waals surface area (Å²) in [5.74, 6) is -0.636. The SMILES string of the molecule is CC=NC=C(F)C=N. The van der Waals surface area contributed by atoms with Crippen LogP contribution in [0.3, 0.4) is 0 Å². The molecule has 0 saturated heterocycles. The predicted octanol–water partition coefficient (Wildman–Crippen LogP) is 1.54. The molecule has 0 fully saturated rings. The molecule has 0 rings (SSSR count). The highest BCUT2D eigenvalue weighted by atomic mass is 19.1. The molecule has 3 heteroatoms. The van der Waals surface area contributed by atoms with Gasteiger partial charge in [0.05, 0.1) is 12.4 Å². The molecule has 0 heterocycles. The Morgan fingerprint density at radius 1 is 1.75 bits per heavy atom. The minimum absolute atomic E-state index is 0.604. The first-order valence-electron chi connectivity index (χ1n) is 2.15. The Morgan fingerprint density at radius 2 is 2.38 bits per heavy atom. The molecule has 0 atom stereocenters. The van der Waals surface area contributed by atoms with Crippen LogP contribution in [0, 0.1) is 5.41 Å². The van der Waals surface area contributed by atoms with Gasteiger partial charge in [-0.05, 0) is 6.92 Å². The van der Waals surface area contributed by atoms with Gasteiger partial charge in [0.2, 0.25) is 0 Å². The monoisotopic (exact) mass is 114 g/mol. The number of hydrogen-bond acceptors (Lipinski definition) is 2. The third-order valence-electron chi connectivity index (χ3n) is 0.485. The maximum absolute atomic E-state index is 11.8. The zero-order chi connectivity index (χ0) is 6.41. The highest BCUT2D eigenvalue weighted by Gasteiger charge is 1.79. The van der Waals surface area contributed by atoms with E-state index in [1.54, 1.807) is 6.92 Å². The van der Waals surface area contributed by atoms with Crippen LogP contribution in [0.25, 0.3) is 0 Å². The lowest BCUT2D eigenvalue weighted by molar-refractivity contribution is 0.682. The van der Waals surface area contributed by atoms with Gasteiger partial charge in [-0.25, -0.2) is 4.39 Å². The Labute approximate surface area is 47.3 Å². The van der Waals surface area contributed by atoms with E-state index in [1.165, 1.54) is 6.21 Å². The summed E-state index contributed by atoms with van der Waals surface area (Å²) in [6.45, 7) is 1.67. The Kier molecular flexibility index (Phi) is 3.66. The highest BCUT2D eigenvalue weighted by Crippen LogP contribution is 1.88. The average molecular weight is 114 g/mol. The maximum Gasteiger partial charge on any atom is 0.158 e. The molecule has 0 aliphatic carbocycles. The third kappa shape index (κ3) is 3.21. The van der Waals surface area contributed by atoms with Crippen molar-refractivity contribution in [2.75, 3.05) is 0 Å². The smallest absolute Gasteiger partial charge is 0.158 e. The van der Waals surface area contributed by atoms with Crippen LogP contribution in [0.2, 0.25) is 0 Å². The quantitative estimate of drug-likeness (QED) is 0.528. The molecule has 0 aromatic carbocycles. The van der Waals surface area contributed by atoms with E-state index in [4.69, 9.17) is 5.41 Å². The predicted molar refractivity (Wildman–Crippen MR) is 32.1 cm³/mol. The van der Waals surface area contributed by atoms with Crippen molar-refractivity contribution in [3.05, 3.63) is 12.0 Å². The highest BCUT2D eigenvalue weighted by molar-refractivity contribution is 5.72. The fraction of sp³-hybridized carbons (Fsp3) is 0.200. The Hall–Kier alpha value is -0.990. The summed E-state index contributed by atoms with van der Waals surface area (Å²) in [4.78, 5) is 3.43. The van der Waals surface area contributed by atoms with Gasteiger partial charge in [0, 0.05) is 6.21 Å². The van der Waals surface area contributed by atoms with E-state index in [-0.39, 0.29) is 0 Å². The average Bonchev–Trinajstić information content (AvgIpc) is 1.83. The van der Waals surface area contributed by atoms with Crippen LogP contribution in [0.1, 0.15) is 6.92 Å². The number of nitrogens with zero attached hydrogens (tertiary/aromatic N) is 1. The molecule has 0 radical (unpaired) electrons. The van der Waals surface area contributed by atoms with Crippen molar-refractivity contribution in [3.8, 4) is 0 Å². The fourth-order valence-corrected chi connectivity index (χ4v) is 0.183. The molecule has 0 amide bonds. The van der Waals surface area contributed by atoms with Gasteiger partial charge in [0.25, 0.3) is 0 Å². The van der Waals surface area contributed by atoms with Gasteiger partial charge in [0.1, 0.15) is 0 Å². The number of hydrogen-bond donors (Lipinski definition) is 1. The van der Waals surface area contributed by atoms with Gasteiger partial charge in [-0.15, -0.1) is 0 Å². The topological polar surface area (TPSA) is 36.2 Å². The Balaban J connectivity index is 3.74. The van der Waals surface area contributed by atoms with Gasteiger partial charge < -0.3 is 5.41 Å². The molecule has 8 heavy (non-hydrogen) atoms. The van der Waals surface area contributed by atoms with Crippen LogP contribution in [0.5, 0.6) is 0 Å². The van der Waals surface area contributed by atoms with Crippen molar-refractivity contribution in [3.63, 3.8) is 0 Å². The summed E-state index contributed by atoms with van der Waals surface area (Å²) in [5, 5.41) is 6.34. The second-order valence-electron chi connectivity index (χ2n) is 1.07. The largest absolute Gasteiger partial charge is 0.306 e. The summed E-state index contributed by atoms with van der Waals surface area (Å²) < 4.78 is 11.8. The molecular weight excluding hydrogens is 107 g/mol. The van der Waals surface area contributed by atoms with E-state index in [0.717, 1.165) is 6.20 Å². The van der Waals surface area contributed by atoms with Gasteiger partial charge in [-0.1, -0.05) is 0 Å². The maximum atomic E-state index is 11.8. The standard InChI is InChI=1S/C5H7FN2/c1-2-8-4-5(6)3-7/h2-4,7H,1H3. The van der Waals surface area contributed by atoms with Crippen LogP contribution in [0.4, 0.5) is 4.39 Å². The molecule has 2 nitrogen and oxygen atoms in total. The molecule has 0 aromatic rings. The summed E-state index contributed by atoms with van der Waals surface area (Å²) >= 11 is 0. The van der Waals surface area contributed by atoms with E-state index in [2.05, 4.69) is 4.99 Å². The van der Waals surface area contributed by atoms with Crippen molar-refractivity contribution < 1.29 is 4.39 Å². The minimum Gasteiger partial charge on any atom is -0.306 e. The number of rotatable bonds is 2. The van der Waals surface area contributed by atoms with E-state index >= 15 is 0 Å². The summed E-state index contributed by atoms with van der Waals surface area (Å²) in [7, 11) is 0. The fourth-order valence-electron chi connectivity index (χ4n) is 0.183. The first-order chi connectivity index (χ1) is 3.81. The van der Waals surface area contributed by atoms with E-state index in [9.17, 15) is 4.39 Å². The van der Waals surface area contributed by atoms with Crippen molar-refractivity contribution in [2.24, 2.45) is 4.99 Å². The second kappa shape index (κ2) is 4.18. The van der Waals surface area contributed by atoms with Gasteiger partial charge in [-0.2, -0.15) is 0 Å². The molecule has 0 spiro atoms. The van der Waals surface area contributed by atoms with Gasteiger partial charge in [-0.3, -0.25) is 4.99 Å². The lowest BCUT2D eigenvalue weighted by Crippen LogP contribution is -1.68. The van der Waals surface area contributed by atoms with E-state index in [0.29, 0.717) is 6.21 Å². The summed E-state index contributed by atoms with van der Waals surface area (Å²) in [6.07, 6.45) is 3.03. The van der Waals surface area contributed by atoms with E-state index in [1.807, 2.05) is 0 Å². The third-order valence-corrected chi connectivity index (χ3v) is 0.485. The zero-order valence-corrected chi connectivity index (χ0v) is 4.56. The van der Waals surface area contributed by atoms with Crippen LogP contribution >= 0.6 is 0 Å². The van der Waals surface area contributed by atoms with Gasteiger partial charge >= 0.3 is 0 Å². The number of nitrogens with one attached hydrogen (secondary N) is 1. The molecule has 0 aromatic heterocycles. The summed E-state index contributed by atoms with van der Waals surface area (Å²) in [5.41, 5.74) is 0. The first kappa shape index (κ1) is 7.01. The van der Waals surface area contributed by atoms with Crippen molar-refractivity contribution in [1.82, 2.24) is 0 Å². The van der Waals surface area contributed by atoms with Crippen molar-refractivity contribution in [1.29, 1.82) is 5.41 Å². The lowest BCUT2D eigenvalue weighted by atomic mass is 10.6. The number of halogens is 1. The number of allylic oxidation sites excluding steroid dienone is 1. The Morgan fingerprint density at radius 3 is 2.75 bits per heavy atom. The summed E-state index contributed by atoms with van der Waals surface area (Å²) in [6, 6.07) is 0. The van der Waals surface area contributed by atoms with Crippen LogP contribution in [-0.2, 0) is 0 Å². The second-order valence-corrected chi connectivity index (χ2v) is 1.07. The zero-order valence-electron chi connectivity index (χ0n) is 4.56. The molecule has 0 saturated carbocycles. The molecule has 0 unspecified atom stereocenters. The Bertz CT molecular complexity index is 126. The van der Waals surface area contributed by atoms with Crippen LogP contribution in [0.15, 0.2) is 17.0 Å². The van der Waals surface area contributed by atoms with Crippen molar-refractivity contribution in [2.45, 2.75) is 6.92 Å². The first-order valence-corrected chi connectivity index (χ1v) is 2.15. The van der Waals surface area contributed by atoms with E-state index < -0.39 is 5.83 Å². The molecule has 0 bridgehead atoms. The molecule has 0 aliphatic rings. The molecule has 0 aliphatic heterocycles. The molecule has 44 valence electrons. The van der Waals surface area contributed by atoms with Crippen LogP contribution in [-0.4, -0.2) is 12.4 Å².